The van der Waals surface area contributed by atoms with E-state index in [4.69, 9.17) is 4.74 Å². The van der Waals surface area contributed by atoms with E-state index < -0.39 is 10.8 Å². The number of aryl methyl sites for hydroxylation is 1. The minimum Gasteiger partial charge on any atom is -0.485 e. The molecule has 3 rings (SSSR count). The van der Waals surface area contributed by atoms with Crippen molar-refractivity contribution in [3.63, 3.8) is 0 Å². The lowest BCUT2D eigenvalue weighted by molar-refractivity contribution is -0.385. The van der Waals surface area contributed by atoms with Gasteiger partial charge in [0, 0.05) is 17.3 Å². The minimum atomic E-state index is -0.599. The summed E-state index contributed by atoms with van der Waals surface area (Å²) in [5.74, 6) is -0.245. The number of hydrogen-bond acceptors (Lipinski definition) is 5. The van der Waals surface area contributed by atoms with Gasteiger partial charge in [-0.05, 0) is 42.3 Å². The number of para-hydroxylation sites is 1. The van der Waals surface area contributed by atoms with Gasteiger partial charge in [-0.1, -0.05) is 43.3 Å². The summed E-state index contributed by atoms with van der Waals surface area (Å²) in [6.07, 6.45) is 0.908. The van der Waals surface area contributed by atoms with Crippen molar-refractivity contribution in [2.24, 2.45) is 0 Å². The molecule has 0 aliphatic rings. The van der Waals surface area contributed by atoms with E-state index >= 15 is 0 Å². The summed E-state index contributed by atoms with van der Waals surface area (Å²) in [4.78, 5) is 35.1. The molecule has 152 valence electrons. The molecule has 0 radical (unpaired) electrons. The SMILES string of the molecule is CCc1ccc(C(=O)COc2ccc(NC(=O)c3ccccc3[N+](=O)[O-])cc2)cc1. The quantitative estimate of drug-likeness (QED) is 0.334. The third kappa shape index (κ3) is 5.08. The molecule has 0 unspecified atom stereocenters. The van der Waals surface area contributed by atoms with Crippen LogP contribution in [-0.2, 0) is 6.42 Å². The zero-order valence-electron chi connectivity index (χ0n) is 16.3. The van der Waals surface area contributed by atoms with Crippen molar-refractivity contribution in [3.05, 3.63) is 99.6 Å². The molecule has 0 atom stereocenters. The Hall–Kier alpha value is -4.00. The van der Waals surface area contributed by atoms with E-state index in [1.54, 1.807) is 42.5 Å². The Morgan fingerprint density at radius 2 is 1.63 bits per heavy atom. The molecule has 0 bridgehead atoms. The third-order valence-corrected chi connectivity index (χ3v) is 4.51. The van der Waals surface area contributed by atoms with Crippen LogP contribution in [0, 0.1) is 10.1 Å². The molecule has 1 amide bonds. The monoisotopic (exact) mass is 404 g/mol. The maximum atomic E-state index is 12.4. The molecule has 0 spiro atoms. The molecule has 0 aromatic heterocycles. The molecule has 7 nitrogen and oxygen atoms in total. The Balaban J connectivity index is 1.59. The lowest BCUT2D eigenvalue weighted by atomic mass is 10.1. The van der Waals surface area contributed by atoms with Gasteiger partial charge in [0.05, 0.1) is 4.92 Å². The van der Waals surface area contributed by atoms with Gasteiger partial charge in [-0.15, -0.1) is 0 Å². The number of ketones is 1. The van der Waals surface area contributed by atoms with E-state index in [2.05, 4.69) is 5.32 Å². The van der Waals surface area contributed by atoms with Crippen molar-refractivity contribution in [2.75, 3.05) is 11.9 Å². The van der Waals surface area contributed by atoms with Gasteiger partial charge in [-0.2, -0.15) is 0 Å². The molecular weight excluding hydrogens is 384 g/mol. The average Bonchev–Trinajstić information content (AvgIpc) is 2.78. The lowest BCUT2D eigenvalue weighted by Gasteiger charge is -2.09. The summed E-state index contributed by atoms with van der Waals surface area (Å²) in [5.41, 5.74) is 1.90. The highest BCUT2D eigenvalue weighted by atomic mass is 16.6. The summed E-state index contributed by atoms with van der Waals surface area (Å²) in [6, 6.07) is 19.6. The molecule has 0 fully saturated rings. The van der Waals surface area contributed by atoms with Crippen LogP contribution in [0.3, 0.4) is 0 Å². The smallest absolute Gasteiger partial charge is 0.282 e. The van der Waals surface area contributed by atoms with Crippen LogP contribution in [-0.4, -0.2) is 23.2 Å². The predicted octanol–water partition coefficient (Wildman–Crippen LogP) is 4.67. The van der Waals surface area contributed by atoms with Gasteiger partial charge in [-0.25, -0.2) is 0 Å². The molecule has 0 aliphatic carbocycles. The van der Waals surface area contributed by atoms with Crippen molar-refractivity contribution < 1.29 is 19.2 Å². The molecule has 30 heavy (non-hydrogen) atoms. The summed E-state index contributed by atoms with van der Waals surface area (Å²) in [5, 5.41) is 13.7. The van der Waals surface area contributed by atoms with E-state index in [0.717, 1.165) is 12.0 Å². The molecule has 1 N–H and O–H groups in total. The summed E-state index contributed by atoms with van der Waals surface area (Å²) >= 11 is 0. The Morgan fingerprint density at radius 3 is 2.27 bits per heavy atom. The average molecular weight is 404 g/mol. The zero-order valence-corrected chi connectivity index (χ0v) is 16.3. The Kier molecular flexibility index (Phi) is 6.54. The number of nitro groups is 1. The van der Waals surface area contributed by atoms with Gasteiger partial charge in [0.25, 0.3) is 11.6 Å². The van der Waals surface area contributed by atoms with Gasteiger partial charge in [0.15, 0.2) is 12.4 Å². The number of anilines is 1. The number of Topliss-reactive ketones (excluding diaryl/α,β-unsaturated/α-hetero) is 1. The normalized spacial score (nSPS) is 10.3. The first-order valence-corrected chi connectivity index (χ1v) is 9.37. The fourth-order valence-electron chi connectivity index (χ4n) is 2.82. The van der Waals surface area contributed by atoms with Crippen LogP contribution in [0.4, 0.5) is 11.4 Å². The number of rotatable bonds is 8. The van der Waals surface area contributed by atoms with Gasteiger partial charge in [0.2, 0.25) is 0 Å². The van der Waals surface area contributed by atoms with Crippen molar-refractivity contribution in [3.8, 4) is 5.75 Å². The van der Waals surface area contributed by atoms with Crippen LogP contribution in [0.25, 0.3) is 0 Å². The Bertz CT molecular complexity index is 1060. The molecule has 0 heterocycles. The number of nitrogens with zero attached hydrogens (tertiary/aromatic N) is 1. The molecule has 0 saturated carbocycles. The molecule has 3 aromatic rings. The highest BCUT2D eigenvalue weighted by Crippen LogP contribution is 2.21. The maximum Gasteiger partial charge on any atom is 0.282 e. The molecule has 7 heteroatoms. The largest absolute Gasteiger partial charge is 0.485 e. The van der Waals surface area contributed by atoms with Gasteiger partial charge in [-0.3, -0.25) is 19.7 Å². The van der Waals surface area contributed by atoms with Crippen LogP contribution >= 0.6 is 0 Å². The second-order valence-electron chi connectivity index (χ2n) is 6.52. The molecule has 3 aromatic carbocycles. The van der Waals surface area contributed by atoms with Crippen molar-refractivity contribution >= 4 is 23.1 Å². The number of carbonyl (C=O) groups is 2. The van der Waals surface area contributed by atoms with Crippen LogP contribution < -0.4 is 10.1 Å². The van der Waals surface area contributed by atoms with E-state index in [1.807, 2.05) is 19.1 Å². The van der Waals surface area contributed by atoms with E-state index in [-0.39, 0.29) is 23.6 Å². The zero-order chi connectivity index (χ0) is 21.5. The number of nitro benzene ring substituents is 1. The predicted molar refractivity (Wildman–Crippen MR) is 113 cm³/mol. The second kappa shape index (κ2) is 9.47. The summed E-state index contributed by atoms with van der Waals surface area (Å²) in [7, 11) is 0. The fraction of sp³-hybridized carbons (Fsp3) is 0.130. The number of hydrogen-bond donors (Lipinski definition) is 1. The third-order valence-electron chi connectivity index (χ3n) is 4.51. The van der Waals surface area contributed by atoms with Crippen LogP contribution in [0.2, 0.25) is 0 Å². The van der Waals surface area contributed by atoms with E-state index in [9.17, 15) is 19.7 Å². The highest BCUT2D eigenvalue weighted by molar-refractivity contribution is 6.07. The Morgan fingerprint density at radius 1 is 0.967 bits per heavy atom. The van der Waals surface area contributed by atoms with E-state index in [0.29, 0.717) is 17.0 Å². The number of amides is 1. The second-order valence-corrected chi connectivity index (χ2v) is 6.52. The first kappa shape index (κ1) is 20.7. The van der Waals surface area contributed by atoms with E-state index in [1.165, 1.54) is 18.2 Å². The Labute approximate surface area is 173 Å². The lowest BCUT2D eigenvalue weighted by Crippen LogP contribution is -2.14. The van der Waals surface area contributed by atoms with Crippen LogP contribution in [0.5, 0.6) is 5.75 Å². The number of ether oxygens (including phenoxy) is 1. The standard InChI is InChI=1S/C23H20N2O5/c1-2-16-7-9-17(10-8-16)22(26)15-30-19-13-11-18(12-14-19)24-23(27)20-5-3-4-6-21(20)25(28)29/h3-14H,2,15H2,1H3,(H,24,27). The van der Waals surface area contributed by atoms with Crippen LogP contribution in [0.1, 0.15) is 33.2 Å². The van der Waals surface area contributed by atoms with Gasteiger partial charge >= 0.3 is 0 Å². The fourth-order valence-corrected chi connectivity index (χ4v) is 2.82. The molecule has 0 aliphatic heterocycles. The number of nitrogens with one attached hydrogen (secondary N) is 1. The van der Waals surface area contributed by atoms with Crippen molar-refractivity contribution in [1.82, 2.24) is 0 Å². The highest BCUT2D eigenvalue weighted by Gasteiger charge is 2.19. The van der Waals surface area contributed by atoms with Gasteiger partial charge in [0.1, 0.15) is 11.3 Å². The number of carbonyl (C=O) groups excluding carboxylic acids is 2. The topological polar surface area (TPSA) is 98.5 Å². The first-order valence-electron chi connectivity index (χ1n) is 9.37. The summed E-state index contributed by atoms with van der Waals surface area (Å²) < 4.78 is 5.52. The van der Waals surface area contributed by atoms with Gasteiger partial charge < -0.3 is 10.1 Å². The minimum absolute atomic E-state index is 0.0254. The van der Waals surface area contributed by atoms with Crippen molar-refractivity contribution in [2.45, 2.75) is 13.3 Å². The van der Waals surface area contributed by atoms with Crippen LogP contribution in [0.15, 0.2) is 72.8 Å². The first-order chi connectivity index (χ1) is 14.5. The maximum absolute atomic E-state index is 12.4. The molecule has 0 saturated heterocycles. The summed E-state index contributed by atoms with van der Waals surface area (Å²) in [6.45, 7) is 1.94. The molecular formula is C23H20N2O5. The van der Waals surface area contributed by atoms with Crippen molar-refractivity contribution in [1.29, 1.82) is 0 Å². The number of benzene rings is 3.